The van der Waals surface area contributed by atoms with Crippen molar-refractivity contribution in [2.75, 3.05) is 48.7 Å². The summed E-state index contributed by atoms with van der Waals surface area (Å²) in [5.74, 6) is -1.19. The molecule has 2 aromatic rings. The fraction of sp³-hybridized carbons (Fsp3) is 0.364. The Balaban J connectivity index is 1.60. The van der Waals surface area contributed by atoms with Crippen LogP contribution in [0.4, 0.5) is 22.7 Å². The molecule has 0 bridgehead atoms. The van der Waals surface area contributed by atoms with Crippen molar-refractivity contribution in [2.24, 2.45) is 0 Å². The number of nitrogen functional groups attached to an aromatic ring is 1. The summed E-state index contributed by atoms with van der Waals surface area (Å²) in [7, 11) is 0. The Morgan fingerprint density at radius 2 is 1.87 bits per heavy atom. The lowest BCUT2D eigenvalue weighted by molar-refractivity contribution is -0.148. The van der Waals surface area contributed by atoms with Gasteiger partial charge >= 0.3 is 11.9 Å². The molecule has 1 aliphatic rings. The number of esters is 1. The van der Waals surface area contributed by atoms with Crippen molar-refractivity contribution in [2.45, 2.75) is 20.0 Å². The first-order valence-electron chi connectivity index (χ1n) is 9.98. The predicted molar refractivity (Wildman–Crippen MR) is 117 cm³/mol. The second-order valence-corrected chi connectivity index (χ2v) is 7.58. The van der Waals surface area contributed by atoms with Crippen molar-refractivity contribution in [1.29, 1.82) is 0 Å². The van der Waals surface area contributed by atoms with E-state index in [1.54, 1.807) is 6.07 Å². The Morgan fingerprint density at radius 3 is 2.50 bits per heavy atom. The SMILES string of the molecule is CC(C)OC(=O)CN1CCN(c2cccc(Nc3ccc(C(=O)O)cc3N)c2)CC1. The first kappa shape index (κ1) is 21.4. The molecule has 2 aromatic carbocycles. The van der Waals surface area contributed by atoms with E-state index < -0.39 is 5.97 Å². The number of nitrogens with one attached hydrogen (secondary N) is 1. The monoisotopic (exact) mass is 412 g/mol. The molecule has 0 atom stereocenters. The van der Waals surface area contributed by atoms with Gasteiger partial charge in [0.2, 0.25) is 0 Å². The summed E-state index contributed by atoms with van der Waals surface area (Å²) >= 11 is 0. The van der Waals surface area contributed by atoms with Crippen molar-refractivity contribution >= 4 is 34.7 Å². The molecule has 3 rings (SSSR count). The Kier molecular flexibility index (Phi) is 6.79. The van der Waals surface area contributed by atoms with Crippen LogP contribution in [0.3, 0.4) is 0 Å². The summed E-state index contributed by atoms with van der Waals surface area (Å²) in [5.41, 5.74) is 9.12. The first-order valence-corrected chi connectivity index (χ1v) is 9.98. The van der Waals surface area contributed by atoms with Gasteiger partial charge in [0.1, 0.15) is 0 Å². The van der Waals surface area contributed by atoms with Crippen LogP contribution in [0.2, 0.25) is 0 Å². The lowest BCUT2D eigenvalue weighted by Gasteiger charge is -2.35. The molecule has 8 nitrogen and oxygen atoms in total. The van der Waals surface area contributed by atoms with Crippen LogP contribution in [0.25, 0.3) is 0 Å². The third kappa shape index (κ3) is 5.64. The molecule has 4 N–H and O–H groups in total. The van der Waals surface area contributed by atoms with Gasteiger partial charge in [0.15, 0.2) is 0 Å². The fourth-order valence-corrected chi connectivity index (χ4v) is 3.39. The van der Waals surface area contributed by atoms with E-state index in [0.29, 0.717) is 17.9 Å². The van der Waals surface area contributed by atoms with E-state index in [2.05, 4.69) is 15.1 Å². The molecule has 1 fully saturated rings. The van der Waals surface area contributed by atoms with E-state index >= 15 is 0 Å². The van der Waals surface area contributed by atoms with Crippen molar-refractivity contribution < 1.29 is 19.4 Å². The van der Waals surface area contributed by atoms with E-state index in [9.17, 15) is 9.59 Å². The summed E-state index contributed by atoms with van der Waals surface area (Å²) in [4.78, 5) is 27.3. The highest BCUT2D eigenvalue weighted by Crippen LogP contribution is 2.27. The van der Waals surface area contributed by atoms with Crippen LogP contribution >= 0.6 is 0 Å². The standard InChI is InChI=1S/C22H28N4O4/c1-15(2)30-21(27)14-25-8-10-26(11-9-25)18-5-3-4-17(13-18)24-20-7-6-16(22(28)29)12-19(20)23/h3-7,12-13,15,24H,8-11,14,23H2,1-2H3,(H,28,29). The largest absolute Gasteiger partial charge is 0.478 e. The minimum atomic E-state index is -1.01. The number of aromatic carboxylic acids is 1. The Labute approximate surface area is 176 Å². The number of ether oxygens (including phenoxy) is 1. The molecule has 0 aliphatic carbocycles. The highest BCUT2D eigenvalue weighted by molar-refractivity contribution is 5.91. The topological polar surface area (TPSA) is 108 Å². The van der Waals surface area contributed by atoms with Crippen LogP contribution in [0, 0.1) is 0 Å². The molecular weight excluding hydrogens is 384 g/mol. The van der Waals surface area contributed by atoms with Crippen molar-refractivity contribution in [3.8, 4) is 0 Å². The number of anilines is 4. The molecule has 1 aliphatic heterocycles. The maximum atomic E-state index is 11.8. The maximum Gasteiger partial charge on any atom is 0.335 e. The van der Waals surface area contributed by atoms with Crippen LogP contribution in [-0.4, -0.2) is 60.8 Å². The van der Waals surface area contributed by atoms with Crippen molar-refractivity contribution in [1.82, 2.24) is 4.90 Å². The number of hydrogen-bond acceptors (Lipinski definition) is 7. The van der Waals surface area contributed by atoms with Gasteiger partial charge in [0.25, 0.3) is 0 Å². The zero-order valence-electron chi connectivity index (χ0n) is 17.3. The second-order valence-electron chi connectivity index (χ2n) is 7.58. The van der Waals surface area contributed by atoms with Gasteiger partial charge in [-0.05, 0) is 50.2 Å². The van der Waals surface area contributed by atoms with E-state index in [-0.39, 0.29) is 17.6 Å². The van der Waals surface area contributed by atoms with Crippen LogP contribution in [0.5, 0.6) is 0 Å². The first-order chi connectivity index (χ1) is 14.3. The molecule has 0 saturated carbocycles. The number of carboxylic acids is 1. The van der Waals surface area contributed by atoms with Gasteiger partial charge in [-0.1, -0.05) is 6.07 Å². The highest BCUT2D eigenvalue weighted by Gasteiger charge is 2.20. The van der Waals surface area contributed by atoms with E-state index in [0.717, 1.165) is 37.6 Å². The number of nitrogens with two attached hydrogens (primary N) is 1. The third-order valence-electron chi connectivity index (χ3n) is 4.88. The number of benzene rings is 2. The summed E-state index contributed by atoms with van der Waals surface area (Å²) < 4.78 is 5.22. The summed E-state index contributed by atoms with van der Waals surface area (Å²) in [5, 5.41) is 12.3. The quantitative estimate of drug-likeness (QED) is 0.471. The number of hydrogen-bond donors (Lipinski definition) is 3. The van der Waals surface area contributed by atoms with Gasteiger partial charge in [0, 0.05) is 37.6 Å². The summed E-state index contributed by atoms with van der Waals surface area (Å²) in [6.45, 7) is 7.22. The second kappa shape index (κ2) is 9.49. The smallest absolute Gasteiger partial charge is 0.335 e. The molecule has 0 amide bonds. The van der Waals surface area contributed by atoms with E-state index in [4.69, 9.17) is 15.6 Å². The number of piperazine rings is 1. The third-order valence-corrected chi connectivity index (χ3v) is 4.88. The molecular formula is C22H28N4O4. The van der Waals surface area contributed by atoms with Gasteiger partial charge in [-0.3, -0.25) is 9.69 Å². The molecule has 0 radical (unpaired) electrons. The van der Waals surface area contributed by atoms with Gasteiger partial charge in [-0.25, -0.2) is 4.79 Å². The van der Waals surface area contributed by atoms with Crippen LogP contribution < -0.4 is 16.0 Å². The number of rotatable bonds is 7. The number of carbonyl (C=O) groups is 2. The van der Waals surface area contributed by atoms with Gasteiger partial charge < -0.3 is 25.8 Å². The minimum Gasteiger partial charge on any atom is -0.478 e. The zero-order valence-corrected chi connectivity index (χ0v) is 17.3. The summed E-state index contributed by atoms with van der Waals surface area (Å²) in [6, 6.07) is 12.6. The zero-order chi connectivity index (χ0) is 21.7. The number of carbonyl (C=O) groups excluding carboxylic acids is 1. The molecule has 8 heteroatoms. The Hall–Kier alpha value is -3.26. The van der Waals surface area contributed by atoms with Crippen LogP contribution in [0.1, 0.15) is 24.2 Å². The molecule has 30 heavy (non-hydrogen) atoms. The van der Waals surface area contributed by atoms with E-state index in [1.165, 1.54) is 12.1 Å². The molecule has 0 unspecified atom stereocenters. The predicted octanol–water partition coefficient (Wildman–Crippen LogP) is 2.78. The normalized spacial score (nSPS) is 14.6. The molecule has 0 spiro atoms. The Bertz CT molecular complexity index is 908. The van der Waals surface area contributed by atoms with Crippen LogP contribution in [0.15, 0.2) is 42.5 Å². The van der Waals surface area contributed by atoms with E-state index in [1.807, 2.05) is 38.1 Å². The molecule has 0 aromatic heterocycles. The lowest BCUT2D eigenvalue weighted by Crippen LogP contribution is -2.48. The van der Waals surface area contributed by atoms with Crippen molar-refractivity contribution in [3.63, 3.8) is 0 Å². The summed E-state index contributed by atoms with van der Waals surface area (Å²) in [6.07, 6.45) is -0.0941. The number of carboxylic acid groups (broad SMARTS) is 1. The molecule has 160 valence electrons. The molecule has 1 saturated heterocycles. The minimum absolute atomic E-state index is 0.0941. The highest BCUT2D eigenvalue weighted by atomic mass is 16.5. The fourth-order valence-electron chi connectivity index (χ4n) is 3.39. The number of nitrogens with zero attached hydrogens (tertiary/aromatic N) is 2. The average molecular weight is 412 g/mol. The van der Waals surface area contributed by atoms with Crippen molar-refractivity contribution in [3.05, 3.63) is 48.0 Å². The average Bonchev–Trinajstić information content (AvgIpc) is 2.69. The van der Waals surface area contributed by atoms with Gasteiger partial charge in [-0.15, -0.1) is 0 Å². The molecule has 1 heterocycles. The van der Waals surface area contributed by atoms with Gasteiger partial charge in [-0.2, -0.15) is 0 Å². The maximum absolute atomic E-state index is 11.8. The van der Waals surface area contributed by atoms with Gasteiger partial charge in [0.05, 0.1) is 29.6 Å². The lowest BCUT2D eigenvalue weighted by atomic mass is 10.1. The Morgan fingerprint density at radius 1 is 1.13 bits per heavy atom. The van der Waals surface area contributed by atoms with Crippen LogP contribution in [-0.2, 0) is 9.53 Å².